The zero-order chi connectivity index (χ0) is 16.5. The van der Waals surface area contributed by atoms with Crippen LogP contribution in [0.1, 0.15) is 56.8 Å². The largest absolute Gasteiger partial charge is 2.00 e. The number of hydrogen-bond donors (Lipinski definition) is 0. The zero-order valence-electron chi connectivity index (χ0n) is 13.5. The normalized spacial score (nSPS) is 8.50. The van der Waals surface area contributed by atoms with E-state index < -0.39 is 12.9 Å². The second kappa shape index (κ2) is 19.7. The van der Waals surface area contributed by atoms with Crippen LogP contribution < -0.4 is 10.2 Å². The summed E-state index contributed by atoms with van der Waals surface area (Å²) in [6, 6.07) is 2.15. The second-order valence-corrected chi connectivity index (χ2v) is 4.61. The smallest absolute Gasteiger partial charge is 0.554 e. The van der Waals surface area contributed by atoms with Gasteiger partial charge < -0.3 is 19.8 Å². The van der Waals surface area contributed by atoms with Gasteiger partial charge in [0.2, 0.25) is 0 Å². The number of nitrogens with zero attached hydrogens (tertiary/aromatic N) is 2. The van der Waals surface area contributed by atoms with Gasteiger partial charge in [-0.25, -0.2) is 0 Å². The Morgan fingerprint density at radius 1 is 1.05 bits per heavy atom. The van der Waals surface area contributed by atoms with Gasteiger partial charge in [-0.1, -0.05) is 39.0 Å². The summed E-state index contributed by atoms with van der Waals surface area (Å²) in [5.74, 6) is 0. The van der Waals surface area contributed by atoms with Gasteiger partial charge in [-0.3, -0.25) is 4.68 Å². The van der Waals surface area contributed by atoms with Crippen molar-refractivity contribution < 1.29 is 36.9 Å². The summed E-state index contributed by atoms with van der Waals surface area (Å²) in [6.45, 7) is 6.55. The van der Waals surface area contributed by atoms with Gasteiger partial charge in [-0.05, 0) is 26.3 Å². The number of carbonyl (C=O) groups excluding carboxylic acids is 2. The third kappa shape index (κ3) is 16.7. The number of aryl methyl sites for hydroxylation is 3. The van der Waals surface area contributed by atoms with Crippen LogP contribution in [0, 0.1) is 13.8 Å². The molecular weight excluding hydrogens is 336 g/mol. The molecule has 0 unspecified atom stereocenters. The number of unbranched alkanes of at least 4 members (excludes halogenated alkanes) is 5. The Morgan fingerprint density at radius 2 is 1.50 bits per heavy atom. The predicted molar refractivity (Wildman–Crippen MR) is 77.2 cm³/mol. The van der Waals surface area contributed by atoms with Crippen molar-refractivity contribution in [1.82, 2.24) is 9.78 Å². The first-order chi connectivity index (χ1) is 10.1. The van der Waals surface area contributed by atoms with Gasteiger partial charge in [0.25, 0.3) is 0 Å². The summed E-state index contributed by atoms with van der Waals surface area (Å²) in [7, 11) is 0. The van der Waals surface area contributed by atoms with Gasteiger partial charge in [0.05, 0.1) is 5.69 Å². The van der Waals surface area contributed by atoms with Crippen LogP contribution in [0.3, 0.4) is 0 Å². The zero-order valence-corrected chi connectivity index (χ0v) is 14.5. The fraction of sp³-hybridized carbons (Fsp3) is 0.667. The maximum atomic E-state index is 8.25. The van der Waals surface area contributed by atoms with E-state index in [1.807, 2.05) is 0 Å². The van der Waals surface area contributed by atoms with E-state index in [0.717, 1.165) is 12.2 Å². The molecule has 0 saturated carbocycles. The summed E-state index contributed by atoms with van der Waals surface area (Å²) in [5.41, 5.74) is 2.43. The van der Waals surface area contributed by atoms with E-state index in [9.17, 15) is 0 Å². The van der Waals surface area contributed by atoms with Gasteiger partial charge in [-0.2, -0.15) is 5.10 Å². The Hall–Kier alpha value is -1.33. The molecule has 1 aromatic rings. The van der Waals surface area contributed by atoms with Gasteiger partial charge in [0.1, 0.15) is 0 Å². The predicted octanol–water partition coefficient (Wildman–Crippen LogP) is 0.590. The van der Waals surface area contributed by atoms with Gasteiger partial charge >= 0.3 is 17.1 Å². The number of carboxylic acid groups (broad SMARTS) is 2. The van der Waals surface area contributed by atoms with E-state index >= 15 is 0 Å². The molecule has 1 rings (SSSR count). The maximum absolute atomic E-state index is 8.25. The van der Waals surface area contributed by atoms with E-state index in [1.165, 1.54) is 44.2 Å². The van der Waals surface area contributed by atoms with E-state index in [0.29, 0.717) is 0 Å². The summed E-state index contributed by atoms with van der Waals surface area (Å²) in [5, 5.41) is 21.0. The van der Waals surface area contributed by atoms with Crippen molar-refractivity contribution in [2.45, 2.75) is 65.8 Å². The summed E-state index contributed by atoms with van der Waals surface area (Å²) >= 11 is 0. The molecule has 0 fully saturated rings. The van der Waals surface area contributed by atoms with Crippen LogP contribution in [0.4, 0.5) is 0 Å². The molecule has 22 heavy (non-hydrogen) atoms. The molecule has 0 aliphatic carbocycles. The first kappa shape index (κ1) is 25.6. The maximum Gasteiger partial charge on any atom is 2.00 e. The van der Waals surface area contributed by atoms with Crippen molar-refractivity contribution in [3.63, 3.8) is 0 Å². The quantitative estimate of drug-likeness (QED) is 0.402. The molecule has 1 aromatic heterocycles. The molecule has 1 heterocycles. The van der Waals surface area contributed by atoms with Crippen LogP contribution in [0.15, 0.2) is 6.07 Å². The summed E-state index contributed by atoms with van der Waals surface area (Å²) in [4.78, 5) is 16.5. The van der Waals surface area contributed by atoms with Crippen LogP contribution in [0.2, 0.25) is 0 Å². The number of carbonyl (C=O) groups is 2. The summed E-state index contributed by atoms with van der Waals surface area (Å²) < 4.78 is 2.13. The molecule has 0 spiro atoms. The van der Waals surface area contributed by atoms with Crippen molar-refractivity contribution in [3.8, 4) is 0 Å². The van der Waals surface area contributed by atoms with E-state index in [4.69, 9.17) is 19.8 Å². The molecule has 0 atom stereocenters. The number of hydrogen-bond acceptors (Lipinski definition) is 5. The second-order valence-electron chi connectivity index (χ2n) is 4.61. The van der Waals surface area contributed by atoms with Crippen molar-refractivity contribution >= 4 is 12.9 Å². The van der Waals surface area contributed by atoms with Gasteiger partial charge in [0, 0.05) is 25.2 Å². The van der Waals surface area contributed by atoms with Crippen molar-refractivity contribution in [2.75, 3.05) is 0 Å². The van der Waals surface area contributed by atoms with Gasteiger partial charge in [0.15, 0.2) is 0 Å². The third-order valence-corrected chi connectivity index (χ3v) is 2.83. The average molecular weight is 362 g/mol. The SMILES string of the molecule is CCCCCCCCn1nc(C)cc1C.O=C[O-].O=C[O-].[Cu+2]. The first-order valence-corrected chi connectivity index (χ1v) is 7.19. The Kier molecular flexibility index (Phi) is 22.9. The topological polar surface area (TPSA) is 98.1 Å². The third-order valence-electron chi connectivity index (χ3n) is 2.83. The molecule has 0 saturated heterocycles. The van der Waals surface area contributed by atoms with Crippen LogP contribution >= 0.6 is 0 Å². The number of aromatic nitrogens is 2. The molecule has 0 amide bonds. The molecule has 0 aliphatic rings. The minimum absolute atomic E-state index is 0. The number of rotatable bonds is 7. The molecule has 6 nitrogen and oxygen atoms in total. The first-order valence-electron chi connectivity index (χ1n) is 7.19. The molecule has 0 N–H and O–H groups in total. The van der Waals surface area contributed by atoms with Crippen LogP contribution in [0.25, 0.3) is 0 Å². The van der Waals surface area contributed by atoms with E-state index in [-0.39, 0.29) is 17.1 Å². The van der Waals surface area contributed by atoms with Crippen LogP contribution in [-0.2, 0) is 33.2 Å². The Labute approximate surface area is 143 Å². The molecule has 7 heteroatoms. The standard InChI is InChI=1S/C13H24N2.2CH2O2.Cu/c1-4-5-6-7-8-9-10-15-13(3)11-12(2)14-15;2*2-1-3;/h11H,4-10H2,1-3H3;2*1H,(H,2,3);/q;;;+2/p-2. The van der Waals surface area contributed by atoms with Crippen molar-refractivity contribution in [1.29, 1.82) is 0 Å². The molecule has 0 bridgehead atoms. The summed E-state index contributed by atoms with van der Waals surface area (Å²) in [6.07, 6.45) is 8.11. The molecule has 0 aromatic carbocycles. The minimum atomic E-state index is -0.500. The molecular formula is C15H26CuN2O4. The molecule has 131 valence electrons. The fourth-order valence-corrected chi connectivity index (χ4v) is 1.94. The van der Waals surface area contributed by atoms with Crippen molar-refractivity contribution in [3.05, 3.63) is 17.5 Å². The van der Waals surface area contributed by atoms with Crippen LogP contribution in [-0.4, -0.2) is 22.7 Å². The van der Waals surface area contributed by atoms with Crippen LogP contribution in [0.5, 0.6) is 0 Å². The minimum Gasteiger partial charge on any atom is -0.554 e. The average Bonchev–Trinajstić information content (AvgIpc) is 2.74. The van der Waals surface area contributed by atoms with E-state index in [1.54, 1.807) is 0 Å². The fourth-order valence-electron chi connectivity index (χ4n) is 1.94. The Balaban J connectivity index is -0.000000447. The molecule has 1 radical (unpaired) electrons. The molecule has 0 aliphatic heterocycles. The van der Waals surface area contributed by atoms with E-state index in [2.05, 4.69) is 36.6 Å². The van der Waals surface area contributed by atoms with Gasteiger partial charge in [-0.15, -0.1) is 0 Å². The van der Waals surface area contributed by atoms with Crippen molar-refractivity contribution in [2.24, 2.45) is 0 Å². The Bertz CT molecular complexity index is 364. The Morgan fingerprint density at radius 3 is 1.91 bits per heavy atom. The monoisotopic (exact) mass is 361 g/mol.